The van der Waals surface area contributed by atoms with Gasteiger partial charge in [0.25, 0.3) is 0 Å². The van der Waals surface area contributed by atoms with E-state index in [-0.39, 0.29) is 6.03 Å². The lowest BCUT2D eigenvalue weighted by atomic mass is 10.1. The van der Waals surface area contributed by atoms with Crippen LogP contribution in [0.3, 0.4) is 0 Å². The molecule has 0 aliphatic carbocycles. The molecule has 0 aliphatic rings. The van der Waals surface area contributed by atoms with Crippen LogP contribution in [0.2, 0.25) is 0 Å². The Morgan fingerprint density at radius 1 is 0.774 bits per heavy atom. The van der Waals surface area contributed by atoms with Gasteiger partial charge in [0.1, 0.15) is 0 Å². The number of benzene rings is 2. The van der Waals surface area contributed by atoms with E-state index >= 15 is 0 Å². The minimum Gasteiger partial charge on any atom is -0.449 e. The molecule has 6 nitrogen and oxygen atoms in total. The zero-order valence-electron chi connectivity index (χ0n) is 18.7. The first-order valence-corrected chi connectivity index (χ1v) is 11.3. The highest BCUT2D eigenvalue weighted by molar-refractivity contribution is 6.00. The molecule has 0 bridgehead atoms. The third-order valence-corrected chi connectivity index (χ3v) is 4.99. The highest BCUT2D eigenvalue weighted by atomic mass is 16.5. The summed E-state index contributed by atoms with van der Waals surface area (Å²) in [7, 11) is 0. The van der Waals surface area contributed by atoms with Crippen molar-refractivity contribution in [2.75, 3.05) is 22.6 Å². The lowest BCUT2D eigenvalue weighted by Gasteiger charge is -2.12. The third kappa shape index (κ3) is 10.0. The molecule has 0 fully saturated rings. The molecule has 0 unspecified atom stereocenters. The van der Waals surface area contributed by atoms with E-state index in [2.05, 4.69) is 22.9 Å². The van der Waals surface area contributed by atoms with Gasteiger partial charge in [0, 0.05) is 17.1 Å². The molecule has 0 spiro atoms. The highest BCUT2D eigenvalue weighted by Gasteiger charge is 2.09. The number of urea groups is 1. The van der Waals surface area contributed by atoms with E-state index in [1.807, 2.05) is 43.3 Å². The van der Waals surface area contributed by atoms with Crippen LogP contribution in [-0.2, 0) is 4.74 Å². The number of para-hydroxylation sites is 1. The average Bonchev–Trinajstić information content (AvgIpc) is 2.75. The second-order valence-corrected chi connectivity index (χ2v) is 7.71. The number of nitrogens with one attached hydrogen (secondary N) is 3. The van der Waals surface area contributed by atoms with E-state index in [9.17, 15) is 9.59 Å². The molecule has 0 atom stereocenters. The number of anilines is 3. The number of unbranched alkanes of at least 4 members (excludes halogenated alkanes) is 7. The number of carbonyl (C=O) groups is 2. The second kappa shape index (κ2) is 14.1. The molecule has 0 radical (unpaired) electrons. The van der Waals surface area contributed by atoms with Crippen LogP contribution in [0.25, 0.3) is 0 Å². The Hall–Kier alpha value is -3.02. The monoisotopic (exact) mass is 425 g/mol. The Morgan fingerprint density at radius 3 is 2.13 bits per heavy atom. The zero-order chi connectivity index (χ0) is 22.3. The van der Waals surface area contributed by atoms with Crippen molar-refractivity contribution in [2.45, 2.75) is 65.2 Å². The van der Waals surface area contributed by atoms with Gasteiger partial charge in [0.15, 0.2) is 0 Å². The van der Waals surface area contributed by atoms with Crippen molar-refractivity contribution in [3.05, 3.63) is 54.1 Å². The summed E-state index contributed by atoms with van der Waals surface area (Å²) in [5.41, 5.74) is 2.78. The summed E-state index contributed by atoms with van der Waals surface area (Å²) in [6.45, 7) is 4.53. The van der Waals surface area contributed by atoms with Crippen LogP contribution >= 0.6 is 0 Å². The van der Waals surface area contributed by atoms with E-state index in [0.29, 0.717) is 23.7 Å². The van der Waals surface area contributed by atoms with Crippen LogP contribution in [0.5, 0.6) is 0 Å². The van der Waals surface area contributed by atoms with E-state index < -0.39 is 6.09 Å². The van der Waals surface area contributed by atoms with Crippen LogP contribution in [0.4, 0.5) is 26.7 Å². The first-order valence-electron chi connectivity index (χ1n) is 11.3. The molecule has 0 heterocycles. The Morgan fingerprint density at radius 2 is 1.42 bits per heavy atom. The Labute approximate surface area is 185 Å². The fourth-order valence-electron chi connectivity index (χ4n) is 3.20. The number of aryl methyl sites for hydroxylation is 1. The topological polar surface area (TPSA) is 79.5 Å². The normalized spacial score (nSPS) is 10.4. The number of rotatable bonds is 12. The maximum Gasteiger partial charge on any atom is 0.411 e. The van der Waals surface area contributed by atoms with Gasteiger partial charge in [-0.15, -0.1) is 0 Å². The smallest absolute Gasteiger partial charge is 0.411 e. The second-order valence-electron chi connectivity index (χ2n) is 7.71. The third-order valence-electron chi connectivity index (χ3n) is 4.99. The standard InChI is InChI=1S/C25H35N3O3/c1-3-4-5-6-7-8-9-13-18-31-25(30)28-23-19-22(17-16-20(23)2)27-24(29)26-21-14-11-10-12-15-21/h10-12,14-17,19H,3-9,13,18H2,1-2H3,(H,28,30)(H2,26,27,29). The summed E-state index contributed by atoms with van der Waals surface area (Å²) in [5.74, 6) is 0. The van der Waals surface area contributed by atoms with Gasteiger partial charge in [0.2, 0.25) is 0 Å². The summed E-state index contributed by atoms with van der Waals surface area (Å²) in [6.07, 6.45) is 9.11. The first kappa shape index (κ1) is 24.3. The van der Waals surface area contributed by atoms with Gasteiger partial charge in [-0.2, -0.15) is 0 Å². The van der Waals surface area contributed by atoms with Crippen molar-refractivity contribution in [3.8, 4) is 0 Å². The van der Waals surface area contributed by atoms with Gasteiger partial charge in [-0.1, -0.05) is 76.1 Å². The van der Waals surface area contributed by atoms with Gasteiger partial charge >= 0.3 is 12.1 Å². The molecule has 0 saturated heterocycles. The molecular formula is C25H35N3O3. The summed E-state index contributed by atoms with van der Waals surface area (Å²) in [5, 5.41) is 8.30. The molecule has 3 amide bonds. The highest BCUT2D eigenvalue weighted by Crippen LogP contribution is 2.21. The molecule has 2 aromatic carbocycles. The Balaban J connectivity index is 1.71. The predicted octanol–water partition coefficient (Wildman–Crippen LogP) is 7.33. The molecule has 31 heavy (non-hydrogen) atoms. The maximum absolute atomic E-state index is 12.2. The van der Waals surface area contributed by atoms with Crippen molar-refractivity contribution in [3.63, 3.8) is 0 Å². The number of hydrogen-bond acceptors (Lipinski definition) is 3. The van der Waals surface area contributed by atoms with Crippen LogP contribution in [0.1, 0.15) is 63.9 Å². The largest absolute Gasteiger partial charge is 0.449 e. The summed E-state index contributed by atoms with van der Waals surface area (Å²) >= 11 is 0. The minimum atomic E-state index is -0.475. The lowest BCUT2D eigenvalue weighted by Crippen LogP contribution is -2.20. The maximum atomic E-state index is 12.2. The molecular weight excluding hydrogens is 390 g/mol. The predicted molar refractivity (Wildman–Crippen MR) is 128 cm³/mol. The molecule has 0 saturated carbocycles. The molecule has 6 heteroatoms. The first-order chi connectivity index (χ1) is 15.1. The van der Waals surface area contributed by atoms with Crippen LogP contribution < -0.4 is 16.0 Å². The molecule has 2 aromatic rings. The van der Waals surface area contributed by atoms with E-state index in [0.717, 1.165) is 18.4 Å². The van der Waals surface area contributed by atoms with Crippen molar-refractivity contribution in [1.29, 1.82) is 0 Å². The van der Waals surface area contributed by atoms with E-state index in [4.69, 9.17) is 4.74 Å². The van der Waals surface area contributed by atoms with Crippen LogP contribution in [-0.4, -0.2) is 18.7 Å². The van der Waals surface area contributed by atoms with Gasteiger partial charge in [-0.3, -0.25) is 5.32 Å². The molecule has 3 N–H and O–H groups in total. The number of ether oxygens (including phenoxy) is 1. The number of hydrogen-bond donors (Lipinski definition) is 3. The van der Waals surface area contributed by atoms with Crippen molar-refractivity contribution < 1.29 is 14.3 Å². The lowest BCUT2D eigenvalue weighted by molar-refractivity contribution is 0.159. The van der Waals surface area contributed by atoms with Crippen molar-refractivity contribution in [2.24, 2.45) is 0 Å². The number of amides is 3. The van der Waals surface area contributed by atoms with Crippen molar-refractivity contribution >= 4 is 29.2 Å². The fourth-order valence-corrected chi connectivity index (χ4v) is 3.20. The molecule has 2 rings (SSSR count). The van der Waals surface area contributed by atoms with E-state index in [1.165, 1.54) is 38.5 Å². The average molecular weight is 426 g/mol. The Bertz CT molecular complexity index is 809. The fraction of sp³-hybridized carbons (Fsp3) is 0.440. The quantitative estimate of drug-likeness (QED) is 0.311. The molecule has 168 valence electrons. The van der Waals surface area contributed by atoms with Gasteiger partial charge in [-0.05, 0) is 43.2 Å². The SMILES string of the molecule is CCCCCCCCCCOC(=O)Nc1cc(NC(=O)Nc2ccccc2)ccc1C. The molecule has 0 aromatic heterocycles. The molecule has 0 aliphatic heterocycles. The van der Waals surface area contributed by atoms with Crippen LogP contribution in [0.15, 0.2) is 48.5 Å². The van der Waals surface area contributed by atoms with Crippen molar-refractivity contribution in [1.82, 2.24) is 0 Å². The minimum absolute atomic E-state index is 0.349. The van der Waals surface area contributed by atoms with Gasteiger partial charge in [-0.25, -0.2) is 9.59 Å². The Kier molecular flexibility index (Phi) is 11.0. The zero-order valence-corrected chi connectivity index (χ0v) is 18.7. The summed E-state index contributed by atoms with van der Waals surface area (Å²) in [6, 6.07) is 14.2. The van der Waals surface area contributed by atoms with Gasteiger partial charge in [0.05, 0.1) is 6.61 Å². The summed E-state index contributed by atoms with van der Waals surface area (Å²) in [4.78, 5) is 24.3. The summed E-state index contributed by atoms with van der Waals surface area (Å²) < 4.78 is 5.30. The van der Waals surface area contributed by atoms with Gasteiger partial charge < -0.3 is 15.4 Å². The number of carbonyl (C=O) groups excluding carboxylic acids is 2. The van der Waals surface area contributed by atoms with E-state index in [1.54, 1.807) is 12.1 Å². The van der Waals surface area contributed by atoms with Crippen LogP contribution in [0, 0.1) is 6.92 Å².